The Labute approximate surface area is 170 Å². The maximum atomic E-state index is 13.5. The highest BCUT2D eigenvalue weighted by Gasteiger charge is 2.32. The Hall–Kier alpha value is -1.43. The first kappa shape index (κ1) is 21.9. The molecule has 0 fully saturated rings. The number of amides is 1. The minimum Gasteiger partial charge on any atom is -0.299 e. The van der Waals surface area contributed by atoms with E-state index in [-0.39, 0.29) is 22.3 Å². The van der Waals surface area contributed by atoms with Crippen molar-refractivity contribution in [2.75, 3.05) is 21.6 Å². The lowest BCUT2D eigenvalue weighted by Crippen LogP contribution is -2.47. The summed E-state index contributed by atoms with van der Waals surface area (Å²) in [6.45, 7) is 3.64. The second-order valence-corrected chi connectivity index (χ2v) is 10.1. The lowest BCUT2D eigenvalue weighted by Gasteiger charge is -2.29. The van der Waals surface area contributed by atoms with E-state index in [2.05, 4.69) is 15.5 Å². The number of carbonyl (C=O) groups is 1. The van der Waals surface area contributed by atoms with Crippen molar-refractivity contribution in [3.8, 4) is 0 Å². The zero-order chi connectivity index (χ0) is 20.2. The van der Waals surface area contributed by atoms with Gasteiger partial charge in [-0.1, -0.05) is 48.5 Å². The Balaban J connectivity index is 2.33. The average Bonchev–Trinajstić information content (AvgIpc) is 3.01. The molecule has 27 heavy (non-hydrogen) atoms. The summed E-state index contributed by atoms with van der Waals surface area (Å²) in [5, 5.41) is 10.5. The topological polar surface area (TPSA) is 92.3 Å². The molecule has 0 unspecified atom stereocenters. The van der Waals surface area contributed by atoms with E-state index in [0.717, 1.165) is 22.4 Å². The van der Waals surface area contributed by atoms with Crippen molar-refractivity contribution in [1.82, 2.24) is 10.2 Å². The molecule has 1 N–H and O–H groups in total. The Morgan fingerprint density at radius 2 is 2.11 bits per heavy atom. The van der Waals surface area contributed by atoms with E-state index in [4.69, 9.17) is 11.6 Å². The number of thioether (sulfide) groups is 1. The van der Waals surface area contributed by atoms with Crippen molar-refractivity contribution in [1.29, 1.82) is 0 Å². The van der Waals surface area contributed by atoms with Gasteiger partial charge in [0.05, 0.1) is 17.0 Å². The van der Waals surface area contributed by atoms with E-state index >= 15 is 0 Å². The molecule has 1 atom stereocenters. The average molecular weight is 453 g/mol. The van der Waals surface area contributed by atoms with Gasteiger partial charge >= 0.3 is 0 Å². The van der Waals surface area contributed by atoms with Gasteiger partial charge in [-0.2, -0.15) is 0 Å². The third kappa shape index (κ3) is 5.53. The summed E-state index contributed by atoms with van der Waals surface area (Å²) in [4.78, 5) is 12.7. The molecular weight excluding hydrogens is 435 g/mol. The van der Waals surface area contributed by atoms with E-state index in [1.807, 2.05) is 6.92 Å². The van der Waals surface area contributed by atoms with Gasteiger partial charge in [-0.15, -0.1) is 10.2 Å². The van der Waals surface area contributed by atoms with Crippen LogP contribution >= 0.6 is 34.7 Å². The number of anilines is 2. The van der Waals surface area contributed by atoms with Crippen LogP contribution in [0.5, 0.6) is 0 Å². The molecule has 1 amide bonds. The SMILES string of the molecule is CCSc1nnc(NC(=O)[C@@H](CC)N(c2ccc(F)c(Cl)c2)S(C)(=O)=O)s1. The summed E-state index contributed by atoms with van der Waals surface area (Å²) in [7, 11) is -3.84. The molecule has 0 spiro atoms. The summed E-state index contributed by atoms with van der Waals surface area (Å²) in [5.74, 6) is -0.429. The third-order valence-electron chi connectivity index (χ3n) is 3.39. The van der Waals surface area contributed by atoms with Crippen molar-refractivity contribution in [2.24, 2.45) is 0 Å². The standard InChI is InChI=1S/C15H18ClFN4O3S3/c1-4-12(13(22)18-14-19-20-15(26-14)25-5-2)21(27(3,23)24)9-6-7-11(17)10(16)8-9/h6-8,12H,4-5H2,1-3H3,(H,18,19,22)/t12-/m1/s1. The van der Waals surface area contributed by atoms with Crippen molar-refractivity contribution < 1.29 is 17.6 Å². The summed E-state index contributed by atoms with van der Waals surface area (Å²) in [6.07, 6.45) is 1.16. The van der Waals surface area contributed by atoms with E-state index in [1.165, 1.54) is 35.2 Å². The number of rotatable bonds is 8. The van der Waals surface area contributed by atoms with E-state index < -0.39 is 27.8 Å². The minimum absolute atomic E-state index is 0.102. The zero-order valence-corrected chi connectivity index (χ0v) is 18.0. The van der Waals surface area contributed by atoms with Crippen LogP contribution in [0.1, 0.15) is 20.3 Å². The van der Waals surface area contributed by atoms with Crippen molar-refractivity contribution >= 4 is 61.4 Å². The van der Waals surface area contributed by atoms with Gasteiger partial charge in [0.2, 0.25) is 21.1 Å². The molecule has 7 nitrogen and oxygen atoms in total. The van der Waals surface area contributed by atoms with Crippen molar-refractivity contribution in [3.63, 3.8) is 0 Å². The molecular formula is C15H18ClFN4O3S3. The predicted molar refractivity (Wildman–Crippen MR) is 108 cm³/mol. The molecule has 0 aliphatic carbocycles. The van der Waals surface area contributed by atoms with Crippen LogP contribution in [0.2, 0.25) is 5.02 Å². The lowest BCUT2D eigenvalue weighted by molar-refractivity contribution is -0.117. The van der Waals surface area contributed by atoms with E-state index in [0.29, 0.717) is 4.34 Å². The first-order valence-electron chi connectivity index (χ1n) is 7.89. The molecule has 0 aliphatic heterocycles. The molecule has 0 aliphatic rings. The monoisotopic (exact) mass is 452 g/mol. The zero-order valence-electron chi connectivity index (χ0n) is 14.8. The number of hydrogen-bond acceptors (Lipinski definition) is 7. The molecule has 12 heteroatoms. The van der Waals surface area contributed by atoms with Crippen LogP contribution in [0.4, 0.5) is 15.2 Å². The van der Waals surface area contributed by atoms with Crippen LogP contribution in [0.15, 0.2) is 22.5 Å². The van der Waals surface area contributed by atoms with Crippen LogP contribution in [0.3, 0.4) is 0 Å². The van der Waals surface area contributed by atoms with E-state index in [1.54, 1.807) is 6.92 Å². The highest BCUT2D eigenvalue weighted by molar-refractivity contribution is 8.01. The molecule has 0 radical (unpaired) electrons. The number of nitrogens with zero attached hydrogens (tertiary/aromatic N) is 3. The van der Waals surface area contributed by atoms with Crippen molar-refractivity contribution in [2.45, 2.75) is 30.6 Å². The fourth-order valence-corrected chi connectivity index (χ4v) is 5.34. The molecule has 148 valence electrons. The Bertz CT molecular complexity index is 923. The van der Waals surface area contributed by atoms with Gasteiger partial charge in [0, 0.05) is 0 Å². The molecule has 1 heterocycles. The predicted octanol–water partition coefficient (Wildman–Crippen LogP) is 3.63. The van der Waals surface area contributed by atoms with Crippen LogP contribution in [-0.4, -0.2) is 42.6 Å². The largest absolute Gasteiger partial charge is 0.299 e. The quantitative estimate of drug-likeness (QED) is 0.485. The number of carbonyl (C=O) groups excluding carboxylic acids is 1. The Morgan fingerprint density at radius 3 is 2.67 bits per heavy atom. The molecule has 2 rings (SSSR count). The highest BCUT2D eigenvalue weighted by Crippen LogP contribution is 2.29. The van der Waals surface area contributed by atoms with Gasteiger partial charge in [0.1, 0.15) is 11.9 Å². The lowest BCUT2D eigenvalue weighted by atomic mass is 10.2. The first-order chi connectivity index (χ1) is 12.7. The summed E-state index contributed by atoms with van der Waals surface area (Å²) in [6, 6.07) is 2.43. The fourth-order valence-electron chi connectivity index (χ4n) is 2.31. The number of sulfonamides is 1. The van der Waals surface area contributed by atoms with Gasteiger partial charge in [-0.05, 0) is 30.4 Å². The Morgan fingerprint density at radius 1 is 1.41 bits per heavy atom. The summed E-state index contributed by atoms with van der Waals surface area (Å²) >= 11 is 8.47. The summed E-state index contributed by atoms with van der Waals surface area (Å²) < 4.78 is 39.8. The van der Waals surface area contributed by atoms with Crippen LogP contribution in [0, 0.1) is 5.82 Å². The number of benzene rings is 1. The fraction of sp³-hybridized carbons (Fsp3) is 0.400. The second kappa shape index (κ2) is 9.18. The maximum Gasteiger partial charge on any atom is 0.250 e. The molecule has 1 aromatic carbocycles. The minimum atomic E-state index is -3.84. The number of nitrogens with one attached hydrogen (secondary N) is 1. The number of hydrogen-bond donors (Lipinski definition) is 1. The van der Waals surface area contributed by atoms with Crippen LogP contribution < -0.4 is 9.62 Å². The normalized spacial score (nSPS) is 12.6. The van der Waals surface area contributed by atoms with Gasteiger partial charge in [-0.3, -0.25) is 14.4 Å². The van der Waals surface area contributed by atoms with Gasteiger partial charge < -0.3 is 0 Å². The van der Waals surface area contributed by atoms with Gasteiger partial charge in [0.25, 0.3) is 0 Å². The Kier molecular flexibility index (Phi) is 7.43. The van der Waals surface area contributed by atoms with E-state index in [9.17, 15) is 17.6 Å². The molecule has 0 saturated heterocycles. The summed E-state index contributed by atoms with van der Waals surface area (Å²) in [5.41, 5.74) is 0.102. The van der Waals surface area contributed by atoms with Crippen LogP contribution in [-0.2, 0) is 14.8 Å². The van der Waals surface area contributed by atoms with Crippen molar-refractivity contribution in [3.05, 3.63) is 29.0 Å². The second-order valence-electron chi connectivity index (χ2n) is 5.38. The smallest absolute Gasteiger partial charge is 0.250 e. The van der Waals surface area contributed by atoms with Gasteiger partial charge in [-0.25, -0.2) is 12.8 Å². The van der Waals surface area contributed by atoms with Gasteiger partial charge in [0.15, 0.2) is 4.34 Å². The molecule has 2 aromatic rings. The van der Waals surface area contributed by atoms with Crippen LogP contribution in [0.25, 0.3) is 0 Å². The third-order valence-corrected chi connectivity index (χ3v) is 6.72. The first-order valence-corrected chi connectivity index (χ1v) is 11.9. The highest BCUT2D eigenvalue weighted by atomic mass is 35.5. The molecule has 0 bridgehead atoms. The molecule has 0 saturated carbocycles. The maximum absolute atomic E-state index is 13.5. The molecule has 1 aromatic heterocycles. The number of halogens is 2. The number of aromatic nitrogens is 2.